The lowest BCUT2D eigenvalue weighted by Gasteiger charge is -2.34. The van der Waals surface area contributed by atoms with E-state index < -0.39 is 23.5 Å². The first-order chi connectivity index (χ1) is 13.9. The molecule has 2 aliphatic rings. The van der Waals surface area contributed by atoms with Gasteiger partial charge >= 0.3 is 6.03 Å². The van der Waals surface area contributed by atoms with Gasteiger partial charge in [0.05, 0.1) is 13.2 Å². The molecule has 152 valence electrons. The van der Waals surface area contributed by atoms with Crippen LogP contribution in [-0.2, 0) is 14.3 Å². The number of benzene rings is 1. The minimum absolute atomic E-state index is 0.200. The Kier molecular flexibility index (Phi) is 4.79. The Labute approximate surface area is 166 Å². The van der Waals surface area contributed by atoms with Gasteiger partial charge in [-0.3, -0.25) is 14.5 Å². The molecule has 4 rings (SSSR count). The predicted octanol–water partition coefficient (Wildman–Crippen LogP) is 0.967. The standard InChI is InChI=1S/C19H21N5O5/c1-19(2)17(26)24(18(27)21-19)10-14(25)23-8-9-28-11-13(23)15-20-16(29-22-15)12-6-4-3-5-7-12/h3-7,13H,8-11H2,1-2H3,(H,21,27). The molecule has 2 aromatic rings. The number of carbonyl (C=O) groups excluding carboxylic acids is 3. The molecule has 2 saturated heterocycles. The molecule has 10 nitrogen and oxygen atoms in total. The van der Waals surface area contributed by atoms with Crippen molar-refractivity contribution in [2.45, 2.75) is 25.4 Å². The number of nitrogens with one attached hydrogen (secondary N) is 1. The quantitative estimate of drug-likeness (QED) is 0.761. The van der Waals surface area contributed by atoms with Crippen LogP contribution in [0.15, 0.2) is 34.9 Å². The second-order valence-corrected chi connectivity index (χ2v) is 7.45. The Hall–Kier alpha value is -3.27. The summed E-state index contributed by atoms with van der Waals surface area (Å²) in [6, 6.07) is 8.15. The van der Waals surface area contributed by atoms with E-state index in [1.807, 2.05) is 30.3 Å². The summed E-state index contributed by atoms with van der Waals surface area (Å²) in [7, 11) is 0. The highest BCUT2D eigenvalue weighted by atomic mass is 16.5. The average Bonchev–Trinajstić information content (AvgIpc) is 3.28. The minimum Gasteiger partial charge on any atom is -0.377 e. The Bertz CT molecular complexity index is 941. The predicted molar refractivity (Wildman–Crippen MR) is 99.3 cm³/mol. The molecule has 10 heteroatoms. The minimum atomic E-state index is -1.03. The lowest BCUT2D eigenvalue weighted by atomic mass is 10.1. The summed E-state index contributed by atoms with van der Waals surface area (Å²) in [5.74, 6) is -0.166. The molecule has 1 unspecified atom stereocenters. The van der Waals surface area contributed by atoms with Crippen LogP contribution in [0.4, 0.5) is 4.79 Å². The van der Waals surface area contributed by atoms with Gasteiger partial charge in [0, 0.05) is 12.1 Å². The van der Waals surface area contributed by atoms with E-state index in [0.717, 1.165) is 10.5 Å². The van der Waals surface area contributed by atoms with Crippen LogP contribution in [0.1, 0.15) is 25.7 Å². The van der Waals surface area contributed by atoms with Crippen molar-refractivity contribution in [2.24, 2.45) is 0 Å². The highest BCUT2D eigenvalue weighted by Gasteiger charge is 2.46. The number of hydrogen-bond donors (Lipinski definition) is 1. The third kappa shape index (κ3) is 3.58. The molecule has 0 spiro atoms. The molecule has 1 aromatic heterocycles. The summed E-state index contributed by atoms with van der Waals surface area (Å²) in [5.41, 5.74) is -0.262. The van der Waals surface area contributed by atoms with E-state index in [4.69, 9.17) is 9.26 Å². The van der Waals surface area contributed by atoms with Gasteiger partial charge in [-0.05, 0) is 26.0 Å². The third-order valence-electron chi connectivity index (χ3n) is 4.95. The van der Waals surface area contributed by atoms with Crippen LogP contribution in [0.5, 0.6) is 0 Å². The van der Waals surface area contributed by atoms with Gasteiger partial charge in [0.1, 0.15) is 18.1 Å². The van der Waals surface area contributed by atoms with E-state index in [-0.39, 0.29) is 19.1 Å². The molecular weight excluding hydrogens is 378 g/mol. The number of amides is 4. The van der Waals surface area contributed by atoms with E-state index >= 15 is 0 Å². The first-order valence-corrected chi connectivity index (χ1v) is 9.27. The van der Waals surface area contributed by atoms with Crippen LogP contribution < -0.4 is 5.32 Å². The Morgan fingerprint density at radius 1 is 1.28 bits per heavy atom. The third-order valence-corrected chi connectivity index (χ3v) is 4.95. The monoisotopic (exact) mass is 399 g/mol. The van der Waals surface area contributed by atoms with Gasteiger partial charge in [-0.2, -0.15) is 4.98 Å². The summed E-state index contributed by atoms with van der Waals surface area (Å²) in [4.78, 5) is 44.3. The largest absolute Gasteiger partial charge is 0.377 e. The number of imide groups is 1. The second kappa shape index (κ2) is 7.28. The normalized spacial score (nSPS) is 21.4. The molecule has 1 N–H and O–H groups in total. The van der Waals surface area contributed by atoms with Crippen LogP contribution >= 0.6 is 0 Å². The smallest absolute Gasteiger partial charge is 0.325 e. The van der Waals surface area contributed by atoms with Gasteiger partial charge in [-0.15, -0.1) is 0 Å². The maximum Gasteiger partial charge on any atom is 0.325 e. The molecule has 1 aromatic carbocycles. The average molecular weight is 399 g/mol. The highest BCUT2D eigenvalue weighted by Crippen LogP contribution is 2.26. The number of nitrogens with zero attached hydrogens (tertiary/aromatic N) is 4. The van der Waals surface area contributed by atoms with E-state index in [0.29, 0.717) is 24.9 Å². The number of aromatic nitrogens is 2. The van der Waals surface area contributed by atoms with Crippen LogP contribution in [0.3, 0.4) is 0 Å². The zero-order valence-electron chi connectivity index (χ0n) is 16.1. The Balaban J connectivity index is 1.52. The molecule has 0 saturated carbocycles. The highest BCUT2D eigenvalue weighted by molar-refractivity contribution is 6.08. The van der Waals surface area contributed by atoms with Gasteiger partial charge in [0.15, 0.2) is 5.82 Å². The number of carbonyl (C=O) groups is 3. The zero-order valence-corrected chi connectivity index (χ0v) is 16.1. The molecule has 1 atom stereocenters. The van der Waals surface area contributed by atoms with Crippen LogP contribution in [0, 0.1) is 0 Å². The van der Waals surface area contributed by atoms with Gasteiger partial charge in [-0.25, -0.2) is 4.79 Å². The van der Waals surface area contributed by atoms with Gasteiger partial charge in [0.2, 0.25) is 5.91 Å². The number of ether oxygens (including phenoxy) is 1. The second-order valence-electron chi connectivity index (χ2n) is 7.45. The summed E-state index contributed by atoms with van der Waals surface area (Å²) < 4.78 is 10.8. The van der Waals surface area contributed by atoms with Crippen molar-refractivity contribution in [3.63, 3.8) is 0 Å². The van der Waals surface area contributed by atoms with Crippen molar-refractivity contribution in [2.75, 3.05) is 26.3 Å². The maximum atomic E-state index is 12.9. The van der Waals surface area contributed by atoms with Gasteiger partial charge in [0.25, 0.3) is 11.8 Å². The topological polar surface area (TPSA) is 118 Å². The molecule has 3 heterocycles. The number of morpholine rings is 1. The molecule has 29 heavy (non-hydrogen) atoms. The number of rotatable bonds is 4. The summed E-state index contributed by atoms with van der Waals surface area (Å²) in [6.07, 6.45) is 0. The van der Waals surface area contributed by atoms with Crippen molar-refractivity contribution in [3.8, 4) is 11.5 Å². The molecule has 2 fully saturated rings. The molecule has 0 radical (unpaired) electrons. The molecule has 4 amide bonds. The zero-order chi connectivity index (χ0) is 20.6. The van der Waals surface area contributed by atoms with Gasteiger partial charge in [-0.1, -0.05) is 23.4 Å². The first kappa shape index (κ1) is 19.1. The van der Waals surface area contributed by atoms with Crippen molar-refractivity contribution < 1.29 is 23.6 Å². The lowest BCUT2D eigenvalue weighted by molar-refractivity contribution is -0.144. The van der Waals surface area contributed by atoms with Crippen LogP contribution in [-0.4, -0.2) is 69.6 Å². The summed E-state index contributed by atoms with van der Waals surface area (Å²) in [6.45, 7) is 3.68. The Morgan fingerprint density at radius 2 is 2.03 bits per heavy atom. The summed E-state index contributed by atoms with van der Waals surface area (Å²) >= 11 is 0. The number of hydrogen-bond acceptors (Lipinski definition) is 7. The lowest BCUT2D eigenvalue weighted by Crippen LogP contribution is -2.49. The van der Waals surface area contributed by atoms with Crippen molar-refractivity contribution >= 4 is 17.8 Å². The van der Waals surface area contributed by atoms with E-state index in [9.17, 15) is 14.4 Å². The maximum absolute atomic E-state index is 12.9. The molecule has 0 aliphatic carbocycles. The summed E-state index contributed by atoms with van der Waals surface area (Å²) in [5, 5.41) is 6.58. The van der Waals surface area contributed by atoms with Crippen molar-refractivity contribution in [1.29, 1.82) is 0 Å². The fraction of sp³-hybridized carbons (Fsp3) is 0.421. The van der Waals surface area contributed by atoms with E-state index in [1.54, 1.807) is 13.8 Å². The SMILES string of the molecule is CC1(C)NC(=O)N(CC(=O)N2CCOCC2c2noc(-c3ccccc3)n2)C1=O. The van der Waals surface area contributed by atoms with Crippen LogP contribution in [0.25, 0.3) is 11.5 Å². The van der Waals surface area contributed by atoms with Crippen molar-refractivity contribution in [1.82, 2.24) is 25.3 Å². The number of urea groups is 1. The van der Waals surface area contributed by atoms with Gasteiger partial charge < -0.3 is 19.5 Å². The molecule has 2 aliphatic heterocycles. The molecular formula is C19H21N5O5. The fourth-order valence-corrected chi connectivity index (χ4v) is 3.37. The van der Waals surface area contributed by atoms with E-state index in [2.05, 4.69) is 15.5 Å². The van der Waals surface area contributed by atoms with Crippen LogP contribution in [0.2, 0.25) is 0 Å². The fourth-order valence-electron chi connectivity index (χ4n) is 3.37. The Morgan fingerprint density at radius 3 is 2.72 bits per heavy atom. The molecule has 0 bridgehead atoms. The van der Waals surface area contributed by atoms with Crippen molar-refractivity contribution in [3.05, 3.63) is 36.2 Å². The first-order valence-electron chi connectivity index (χ1n) is 9.27. The van der Waals surface area contributed by atoms with E-state index in [1.165, 1.54) is 4.90 Å².